The van der Waals surface area contributed by atoms with Gasteiger partial charge in [0.05, 0.1) is 23.4 Å². The minimum absolute atomic E-state index is 0.0876. The molecule has 0 aliphatic carbocycles. The molecular formula is C22H27N3O2S2. The Bertz CT molecular complexity index is 909. The van der Waals surface area contributed by atoms with E-state index in [0.29, 0.717) is 13.0 Å². The van der Waals surface area contributed by atoms with Crippen LogP contribution < -0.4 is 10.1 Å². The lowest BCUT2D eigenvalue weighted by Crippen LogP contribution is -2.34. The molecule has 0 radical (unpaired) electrons. The van der Waals surface area contributed by atoms with E-state index in [-0.39, 0.29) is 11.9 Å². The second kappa shape index (κ2) is 10.6. The molecule has 3 aromatic rings. The van der Waals surface area contributed by atoms with Gasteiger partial charge in [-0.1, -0.05) is 36.0 Å². The number of hydrogen-bond donors (Lipinski definition) is 1. The van der Waals surface area contributed by atoms with Gasteiger partial charge >= 0.3 is 0 Å². The highest BCUT2D eigenvalue weighted by atomic mass is 32.2. The van der Waals surface area contributed by atoms with Gasteiger partial charge in [0.15, 0.2) is 4.34 Å². The number of amides is 1. The van der Waals surface area contributed by atoms with Crippen LogP contribution in [0.1, 0.15) is 24.4 Å². The average Bonchev–Trinajstić information content (AvgIpc) is 3.14. The first-order valence-electron chi connectivity index (χ1n) is 9.62. The zero-order valence-electron chi connectivity index (χ0n) is 17.1. The standard InChI is InChI=1S/C22H27N3O2S2/c1-25(2)19(16-8-6-9-17(14-16)27-3)15-23-21(26)12-7-13-28-22-24-18-10-4-5-11-20(18)29-22/h4-6,8-11,14,19H,7,12-13,15H2,1-3H3,(H,23,26)/t19-/m0/s1. The summed E-state index contributed by atoms with van der Waals surface area (Å²) < 4.78 is 7.59. The number of likely N-dealkylation sites (N-methyl/N-ethyl adjacent to an activating group) is 1. The Morgan fingerprint density at radius 3 is 2.83 bits per heavy atom. The van der Waals surface area contributed by atoms with Crippen LogP contribution in [-0.4, -0.2) is 49.3 Å². The van der Waals surface area contributed by atoms with Crippen molar-refractivity contribution in [3.05, 3.63) is 54.1 Å². The van der Waals surface area contributed by atoms with Crippen molar-refractivity contribution in [2.45, 2.75) is 23.2 Å². The molecule has 0 unspecified atom stereocenters. The van der Waals surface area contributed by atoms with Crippen LogP contribution in [0.3, 0.4) is 0 Å². The number of benzene rings is 2. The summed E-state index contributed by atoms with van der Waals surface area (Å²) in [6.07, 6.45) is 1.36. The van der Waals surface area contributed by atoms with E-state index in [1.165, 1.54) is 4.70 Å². The second-order valence-corrected chi connectivity index (χ2v) is 9.33. The first-order chi connectivity index (χ1) is 14.1. The van der Waals surface area contributed by atoms with Gasteiger partial charge in [-0.3, -0.25) is 4.79 Å². The molecule has 1 aromatic heterocycles. The predicted octanol–water partition coefficient (Wildman–Crippen LogP) is 4.60. The van der Waals surface area contributed by atoms with Crippen LogP contribution in [0.5, 0.6) is 5.75 Å². The van der Waals surface area contributed by atoms with Gasteiger partial charge in [0.1, 0.15) is 5.75 Å². The zero-order chi connectivity index (χ0) is 20.6. The highest BCUT2D eigenvalue weighted by molar-refractivity contribution is 8.01. The van der Waals surface area contributed by atoms with Gasteiger partial charge in [0, 0.05) is 18.7 Å². The Hall–Kier alpha value is -2.09. The number of nitrogens with one attached hydrogen (secondary N) is 1. The van der Waals surface area contributed by atoms with Crippen molar-refractivity contribution >= 4 is 39.2 Å². The van der Waals surface area contributed by atoms with Crippen LogP contribution in [0, 0.1) is 0 Å². The molecule has 29 heavy (non-hydrogen) atoms. The van der Waals surface area contributed by atoms with Crippen molar-refractivity contribution < 1.29 is 9.53 Å². The molecule has 0 bridgehead atoms. The number of carbonyl (C=O) groups is 1. The van der Waals surface area contributed by atoms with Crippen LogP contribution in [0.25, 0.3) is 10.2 Å². The summed E-state index contributed by atoms with van der Waals surface area (Å²) in [6.45, 7) is 0.573. The van der Waals surface area contributed by atoms with Crippen molar-refractivity contribution in [1.29, 1.82) is 0 Å². The number of nitrogens with zero attached hydrogens (tertiary/aromatic N) is 2. The molecule has 0 saturated heterocycles. The van der Waals surface area contributed by atoms with Crippen LogP contribution in [0.2, 0.25) is 0 Å². The number of fused-ring (bicyclic) bond motifs is 1. The fraction of sp³-hybridized carbons (Fsp3) is 0.364. The maximum Gasteiger partial charge on any atom is 0.220 e. The number of thioether (sulfide) groups is 1. The smallest absolute Gasteiger partial charge is 0.220 e. The molecule has 7 heteroatoms. The van der Waals surface area contributed by atoms with Gasteiger partial charge in [-0.25, -0.2) is 4.98 Å². The highest BCUT2D eigenvalue weighted by Crippen LogP contribution is 2.29. The fourth-order valence-corrected chi connectivity index (χ4v) is 5.13. The molecule has 2 aromatic carbocycles. The minimum atomic E-state index is 0.0876. The Labute approximate surface area is 180 Å². The summed E-state index contributed by atoms with van der Waals surface area (Å²) in [4.78, 5) is 19.0. The van der Waals surface area contributed by atoms with Crippen LogP contribution >= 0.6 is 23.1 Å². The Kier molecular flexibility index (Phi) is 7.91. The average molecular weight is 430 g/mol. The summed E-state index contributed by atoms with van der Waals surface area (Å²) in [5.74, 6) is 1.80. The molecule has 0 aliphatic rings. The number of rotatable bonds is 10. The lowest BCUT2D eigenvalue weighted by atomic mass is 10.1. The van der Waals surface area contributed by atoms with Gasteiger partial charge in [0.25, 0.3) is 0 Å². The Morgan fingerprint density at radius 2 is 2.07 bits per heavy atom. The molecular weight excluding hydrogens is 402 g/mol. The van der Waals surface area contributed by atoms with E-state index in [2.05, 4.69) is 27.3 Å². The third kappa shape index (κ3) is 6.19. The van der Waals surface area contributed by atoms with Gasteiger partial charge in [-0.05, 0) is 50.3 Å². The van der Waals surface area contributed by atoms with Crippen molar-refractivity contribution in [1.82, 2.24) is 15.2 Å². The lowest BCUT2D eigenvalue weighted by molar-refractivity contribution is -0.121. The summed E-state index contributed by atoms with van der Waals surface area (Å²) in [7, 11) is 5.70. The van der Waals surface area contributed by atoms with Crippen molar-refractivity contribution in [3.63, 3.8) is 0 Å². The van der Waals surface area contributed by atoms with Gasteiger partial charge < -0.3 is 15.0 Å². The Balaban J connectivity index is 1.43. The van der Waals surface area contributed by atoms with E-state index in [1.807, 2.05) is 50.5 Å². The number of aromatic nitrogens is 1. The number of para-hydroxylation sites is 1. The van der Waals surface area contributed by atoms with E-state index in [4.69, 9.17) is 4.74 Å². The Morgan fingerprint density at radius 1 is 1.24 bits per heavy atom. The van der Waals surface area contributed by atoms with Gasteiger partial charge in [-0.2, -0.15) is 0 Å². The van der Waals surface area contributed by atoms with Crippen LogP contribution in [0.15, 0.2) is 52.9 Å². The topological polar surface area (TPSA) is 54.5 Å². The van der Waals surface area contributed by atoms with E-state index < -0.39 is 0 Å². The molecule has 0 aliphatic heterocycles. The molecule has 0 saturated carbocycles. The van der Waals surface area contributed by atoms with Crippen molar-refractivity contribution in [2.24, 2.45) is 0 Å². The molecule has 1 atom stereocenters. The van der Waals surface area contributed by atoms with Gasteiger partial charge in [0.2, 0.25) is 5.91 Å². The van der Waals surface area contributed by atoms with Crippen molar-refractivity contribution in [3.8, 4) is 5.75 Å². The van der Waals surface area contributed by atoms with E-state index in [9.17, 15) is 4.79 Å². The summed E-state index contributed by atoms with van der Waals surface area (Å²) in [5, 5.41) is 3.08. The highest BCUT2D eigenvalue weighted by Gasteiger charge is 2.16. The quantitative estimate of drug-likeness (QED) is 0.377. The monoisotopic (exact) mass is 429 g/mol. The summed E-state index contributed by atoms with van der Waals surface area (Å²) >= 11 is 3.43. The molecule has 5 nitrogen and oxygen atoms in total. The molecule has 1 amide bonds. The maximum atomic E-state index is 12.3. The summed E-state index contributed by atoms with van der Waals surface area (Å²) in [6, 6.07) is 16.3. The molecule has 3 rings (SSSR count). The van der Waals surface area contributed by atoms with Crippen LogP contribution in [0.4, 0.5) is 0 Å². The van der Waals surface area contributed by atoms with Crippen molar-refractivity contribution in [2.75, 3.05) is 33.5 Å². The van der Waals surface area contributed by atoms with E-state index in [0.717, 1.165) is 33.3 Å². The molecule has 1 heterocycles. The van der Waals surface area contributed by atoms with E-state index in [1.54, 1.807) is 30.2 Å². The fourth-order valence-electron chi connectivity index (χ4n) is 3.05. The number of carbonyl (C=O) groups excluding carboxylic acids is 1. The zero-order valence-corrected chi connectivity index (χ0v) is 18.7. The number of methoxy groups -OCH3 is 1. The molecule has 0 spiro atoms. The first kappa shape index (κ1) is 21.6. The summed E-state index contributed by atoms with van der Waals surface area (Å²) in [5.41, 5.74) is 2.17. The van der Waals surface area contributed by atoms with Crippen LogP contribution in [-0.2, 0) is 4.79 Å². The number of thiazole rings is 1. The second-order valence-electron chi connectivity index (χ2n) is 6.96. The molecule has 154 valence electrons. The van der Waals surface area contributed by atoms with Gasteiger partial charge in [-0.15, -0.1) is 11.3 Å². The maximum absolute atomic E-state index is 12.3. The normalized spacial score (nSPS) is 12.3. The molecule has 0 fully saturated rings. The number of hydrogen-bond acceptors (Lipinski definition) is 6. The number of ether oxygens (including phenoxy) is 1. The lowest BCUT2D eigenvalue weighted by Gasteiger charge is -2.25. The largest absolute Gasteiger partial charge is 0.497 e. The van der Waals surface area contributed by atoms with E-state index >= 15 is 0 Å². The first-order valence-corrected chi connectivity index (χ1v) is 11.4. The minimum Gasteiger partial charge on any atom is -0.497 e. The SMILES string of the molecule is COc1cccc([C@H](CNC(=O)CCCSc2nc3ccccc3s2)N(C)C)c1. The predicted molar refractivity (Wildman–Crippen MR) is 122 cm³/mol. The third-order valence-electron chi connectivity index (χ3n) is 4.64. The third-order valence-corrected chi connectivity index (χ3v) is 6.91. The molecule has 1 N–H and O–H groups in total.